The van der Waals surface area contributed by atoms with Crippen molar-refractivity contribution in [1.29, 1.82) is 0 Å². The summed E-state index contributed by atoms with van der Waals surface area (Å²) in [6.45, 7) is 5.58. The molecule has 0 radical (unpaired) electrons. The van der Waals surface area contributed by atoms with Crippen molar-refractivity contribution in [2.24, 2.45) is 0 Å². The Kier molecular flexibility index (Phi) is 6.65. The number of ether oxygens (including phenoxy) is 2. The van der Waals surface area contributed by atoms with Crippen molar-refractivity contribution in [1.82, 2.24) is 9.80 Å². The number of amides is 2. The largest absolute Gasteiger partial charge is 0.480 e. The number of benzene rings is 1. The topological polar surface area (TPSA) is 96.4 Å². The summed E-state index contributed by atoms with van der Waals surface area (Å²) >= 11 is 0. The van der Waals surface area contributed by atoms with Crippen LogP contribution in [0.5, 0.6) is 0 Å². The van der Waals surface area contributed by atoms with Crippen molar-refractivity contribution in [2.45, 2.75) is 45.4 Å². The van der Waals surface area contributed by atoms with E-state index in [9.17, 15) is 19.5 Å². The Labute approximate surface area is 158 Å². The number of carboxylic acid groups (broad SMARTS) is 1. The highest BCUT2D eigenvalue weighted by Crippen LogP contribution is 2.17. The van der Waals surface area contributed by atoms with Crippen LogP contribution < -0.4 is 0 Å². The fourth-order valence-corrected chi connectivity index (χ4v) is 2.71. The van der Waals surface area contributed by atoms with Crippen molar-refractivity contribution in [3.63, 3.8) is 0 Å². The van der Waals surface area contributed by atoms with Gasteiger partial charge in [-0.15, -0.1) is 0 Å². The van der Waals surface area contributed by atoms with Crippen molar-refractivity contribution < 1.29 is 29.0 Å². The molecule has 1 saturated heterocycles. The molecule has 27 heavy (non-hydrogen) atoms. The van der Waals surface area contributed by atoms with Gasteiger partial charge in [0.1, 0.15) is 12.2 Å². The molecule has 0 spiro atoms. The van der Waals surface area contributed by atoms with Gasteiger partial charge in [0.25, 0.3) is 0 Å². The van der Waals surface area contributed by atoms with Crippen LogP contribution in [0.25, 0.3) is 0 Å². The van der Waals surface area contributed by atoms with Gasteiger partial charge in [0.2, 0.25) is 0 Å². The van der Waals surface area contributed by atoms with Gasteiger partial charge >= 0.3 is 18.2 Å². The highest BCUT2D eigenvalue weighted by atomic mass is 16.6. The smallest absolute Gasteiger partial charge is 0.411 e. The average Bonchev–Trinajstić information content (AvgIpc) is 2.82. The second-order valence-corrected chi connectivity index (χ2v) is 7.37. The van der Waals surface area contributed by atoms with Crippen LogP contribution in [0.3, 0.4) is 0 Å². The number of aliphatic carboxylic acids is 1. The third-order valence-electron chi connectivity index (χ3n) is 3.97. The molecule has 1 fully saturated rings. The lowest BCUT2D eigenvalue weighted by atomic mass is 10.2. The van der Waals surface area contributed by atoms with Crippen LogP contribution >= 0.6 is 0 Å². The van der Waals surface area contributed by atoms with E-state index in [0.717, 1.165) is 10.5 Å². The van der Waals surface area contributed by atoms with E-state index in [1.54, 1.807) is 20.8 Å². The molecule has 1 heterocycles. The zero-order valence-corrected chi connectivity index (χ0v) is 15.9. The molecule has 2 rings (SSSR count). The molecule has 1 aliphatic rings. The summed E-state index contributed by atoms with van der Waals surface area (Å²) in [4.78, 5) is 38.9. The fraction of sp³-hybridized carbons (Fsp3) is 0.526. The van der Waals surface area contributed by atoms with Crippen molar-refractivity contribution in [3.05, 3.63) is 35.9 Å². The molecule has 1 N–H and O–H groups in total. The maximum Gasteiger partial charge on any atom is 0.411 e. The molecule has 1 aliphatic heterocycles. The zero-order chi connectivity index (χ0) is 20.0. The zero-order valence-electron chi connectivity index (χ0n) is 15.9. The Morgan fingerprint density at radius 2 is 1.78 bits per heavy atom. The number of hydrogen-bond acceptors (Lipinski definition) is 5. The third kappa shape index (κ3) is 6.16. The highest BCUT2D eigenvalue weighted by Gasteiger charge is 2.37. The minimum absolute atomic E-state index is 0.101. The van der Waals surface area contributed by atoms with E-state index >= 15 is 0 Å². The molecule has 0 aliphatic carbocycles. The van der Waals surface area contributed by atoms with Gasteiger partial charge in [0.15, 0.2) is 6.04 Å². The van der Waals surface area contributed by atoms with Crippen LogP contribution in [0.15, 0.2) is 30.3 Å². The SMILES string of the molecule is CC(C)(C)OC(=O)N1CCCN(C(=O)OCc2ccccc2)CC1C(=O)O. The van der Waals surface area contributed by atoms with Crippen LogP contribution in [0, 0.1) is 0 Å². The number of carbonyl (C=O) groups is 3. The first-order valence-electron chi connectivity index (χ1n) is 8.85. The predicted molar refractivity (Wildman–Crippen MR) is 97.2 cm³/mol. The quantitative estimate of drug-likeness (QED) is 0.869. The Morgan fingerprint density at radius 1 is 1.11 bits per heavy atom. The minimum atomic E-state index is -1.19. The van der Waals surface area contributed by atoms with Crippen LogP contribution in [-0.2, 0) is 20.9 Å². The normalized spacial score (nSPS) is 17.8. The predicted octanol–water partition coefficient (Wildman–Crippen LogP) is 2.72. The van der Waals surface area contributed by atoms with E-state index in [2.05, 4.69) is 0 Å². The van der Waals surface area contributed by atoms with E-state index in [1.165, 1.54) is 4.90 Å². The number of nitrogens with zero attached hydrogens (tertiary/aromatic N) is 2. The van der Waals surface area contributed by atoms with Crippen LogP contribution in [0.1, 0.15) is 32.8 Å². The summed E-state index contributed by atoms with van der Waals surface area (Å²) in [5.74, 6) is -1.19. The molecule has 0 bridgehead atoms. The molecule has 0 aromatic heterocycles. The molecule has 1 aromatic rings. The summed E-state index contributed by atoms with van der Waals surface area (Å²) in [6, 6.07) is 8.03. The van der Waals surface area contributed by atoms with Gasteiger partial charge in [0, 0.05) is 13.1 Å². The number of hydrogen-bond donors (Lipinski definition) is 1. The first-order chi connectivity index (χ1) is 12.7. The van der Waals surface area contributed by atoms with Crippen molar-refractivity contribution in [2.75, 3.05) is 19.6 Å². The van der Waals surface area contributed by atoms with Gasteiger partial charge in [-0.3, -0.25) is 4.90 Å². The Balaban J connectivity index is 2.03. The van der Waals surface area contributed by atoms with Gasteiger partial charge in [-0.1, -0.05) is 30.3 Å². The van der Waals surface area contributed by atoms with Crippen LogP contribution in [0.2, 0.25) is 0 Å². The van der Waals surface area contributed by atoms with E-state index in [1.807, 2.05) is 30.3 Å². The van der Waals surface area contributed by atoms with Crippen molar-refractivity contribution in [3.8, 4) is 0 Å². The Morgan fingerprint density at radius 3 is 2.37 bits per heavy atom. The second kappa shape index (κ2) is 8.75. The standard InChI is InChI=1S/C19H26N2O6/c1-19(2,3)27-18(25)21-11-7-10-20(12-15(21)16(22)23)17(24)26-13-14-8-5-4-6-9-14/h4-6,8-9,15H,7,10-13H2,1-3H3,(H,22,23). The number of carboxylic acids is 1. The molecule has 1 atom stereocenters. The lowest BCUT2D eigenvalue weighted by Crippen LogP contribution is -2.51. The van der Waals surface area contributed by atoms with E-state index in [4.69, 9.17) is 9.47 Å². The first-order valence-corrected chi connectivity index (χ1v) is 8.85. The molecule has 8 nitrogen and oxygen atoms in total. The summed E-state index contributed by atoms with van der Waals surface area (Å²) in [5.41, 5.74) is 0.103. The summed E-state index contributed by atoms with van der Waals surface area (Å²) in [5, 5.41) is 9.56. The highest BCUT2D eigenvalue weighted by molar-refractivity contribution is 5.81. The van der Waals surface area contributed by atoms with E-state index in [-0.39, 0.29) is 19.7 Å². The second-order valence-electron chi connectivity index (χ2n) is 7.37. The van der Waals surface area contributed by atoms with Gasteiger partial charge in [0.05, 0.1) is 6.54 Å². The Bertz CT molecular complexity index is 671. The Hall–Kier alpha value is -2.77. The molecular weight excluding hydrogens is 352 g/mol. The molecule has 1 aromatic carbocycles. The molecule has 148 valence electrons. The monoisotopic (exact) mass is 378 g/mol. The van der Waals surface area contributed by atoms with E-state index < -0.39 is 29.8 Å². The minimum Gasteiger partial charge on any atom is -0.480 e. The lowest BCUT2D eigenvalue weighted by molar-refractivity contribution is -0.143. The van der Waals surface area contributed by atoms with Crippen LogP contribution in [0.4, 0.5) is 9.59 Å². The maximum atomic E-state index is 12.4. The van der Waals surface area contributed by atoms with Gasteiger partial charge in [-0.05, 0) is 32.8 Å². The molecule has 2 amide bonds. The molecule has 1 unspecified atom stereocenters. The number of rotatable bonds is 3. The lowest BCUT2D eigenvalue weighted by Gasteiger charge is -2.30. The molecular formula is C19H26N2O6. The third-order valence-corrected chi connectivity index (χ3v) is 3.97. The molecule has 0 saturated carbocycles. The number of carbonyl (C=O) groups excluding carboxylic acids is 2. The van der Waals surface area contributed by atoms with Gasteiger partial charge in [-0.25, -0.2) is 14.4 Å². The molecule has 8 heteroatoms. The first kappa shape index (κ1) is 20.5. The van der Waals surface area contributed by atoms with Crippen molar-refractivity contribution >= 4 is 18.2 Å². The van der Waals surface area contributed by atoms with Gasteiger partial charge < -0.3 is 19.5 Å². The summed E-state index contributed by atoms with van der Waals surface area (Å²) in [6.07, 6.45) is -0.866. The summed E-state index contributed by atoms with van der Waals surface area (Å²) < 4.78 is 10.6. The van der Waals surface area contributed by atoms with Gasteiger partial charge in [-0.2, -0.15) is 0 Å². The maximum absolute atomic E-state index is 12.4. The fourth-order valence-electron chi connectivity index (χ4n) is 2.71. The average molecular weight is 378 g/mol. The van der Waals surface area contributed by atoms with E-state index in [0.29, 0.717) is 13.0 Å². The summed E-state index contributed by atoms with van der Waals surface area (Å²) in [7, 11) is 0. The van der Waals surface area contributed by atoms with Crippen LogP contribution in [-0.4, -0.2) is 64.3 Å².